The van der Waals surface area contributed by atoms with Crippen LogP contribution in [0.15, 0.2) is 59.5 Å². The van der Waals surface area contributed by atoms with Gasteiger partial charge in [0.15, 0.2) is 6.61 Å². The quantitative estimate of drug-likeness (QED) is 0.610. The minimum Gasteiger partial charge on any atom is -0.454 e. The smallest absolute Gasteiger partial charge is 0.324 e. The zero-order chi connectivity index (χ0) is 22.4. The zero-order valence-corrected chi connectivity index (χ0v) is 18.5. The SMILES string of the molecule is CC(C)[C@H](NS(=O)(=O)c1ccccc1)C(=O)OCC(=O)N[C@@H]1CCCc2ccccc21. The van der Waals surface area contributed by atoms with Crippen molar-refractivity contribution in [1.29, 1.82) is 0 Å². The first-order valence-electron chi connectivity index (χ1n) is 10.4. The lowest BCUT2D eigenvalue weighted by molar-refractivity contribution is -0.151. The fourth-order valence-corrected chi connectivity index (χ4v) is 5.01. The third-order valence-electron chi connectivity index (χ3n) is 5.31. The predicted molar refractivity (Wildman–Crippen MR) is 117 cm³/mol. The van der Waals surface area contributed by atoms with E-state index in [9.17, 15) is 18.0 Å². The van der Waals surface area contributed by atoms with Crippen LogP contribution in [0.2, 0.25) is 0 Å². The maximum atomic E-state index is 12.6. The third kappa shape index (κ3) is 5.92. The molecule has 2 aromatic rings. The van der Waals surface area contributed by atoms with Crippen LogP contribution in [0.4, 0.5) is 0 Å². The number of carbonyl (C=O) groups is 2. The van der Waals surface area contributed by atoms with Gasteiger partial charge in [0.05, 0.1) is 10.9 Å². The van der Waals surface area contributed by atoms with Crippen LogP contribution < -0.4 is 10.0 Å². The summed E-state index contributed by atoms with van der Waals surface area (Å²) in [5.74, 6) is -1.56. The van der Waals surface area contributed by atoms with E-state index in [-0.39, 0.29) is 16.9 Å². The molecule has 0 fully saturated rings. The summed E-state index contributed by atoms with van der Waals surface area (Å²) in [6, 6.07) is 14.6. The van der Waals surface area contributed by atoms with Crippen LogP contribution in [0.1, 0.15) is 43.9 Å². The molecule has 0 aliphatic heterocycles. The van der Waals surface area contributed by atoms with Crippen molar-refractivity contribution in [3.05, 3.63) is 65.7 Å². The van der Waals surface area contributed by atoms with E-state index in [4.69, 9.17) is 4.74 Å². The highest BCUT2D eigenvalue weighted by molar-refractivity contribution is 7.89. The van der Waals surface area contributed by atoms with Gasteiger partial charge in [-0.2, -0.15) is 4.72 Å². The number of amides is 1. The molecule has 0 unspecified atom stereocenters. The number of hydrogen-bond donors (Lipinski definition) is 2. The molecule has 0 aromatic heterocycles. The molecule has 2 N–H and O–H groups in total. The van der Waals surface area contributed by atoms with Crippen LogP contribution in [-0.2, 0) is 30.8 Å². The molecular formula is C23H28N2O5S. The highest BCUT2D eigenvalue weighted by atomic mass is 32.2. The number of aryl methyl sites for hydroxylation is 1. The summed E-state index contributed by atoms with van der Waals surface area (Å²) < 4.78 is 32.7. The molecule has 3 rings (SSSR count). The van der Waals surface area contributed by atoms with Crippen molar-refractivity contribution in [2.75, 3.05) is 6.61 Å². The molecule has 0 bridgehead atoms. The van der Waals surface area contributed by atoms with Crippen LogP contribution >= 0.6 is 0 Å². The average Bonchev–Trinajstić information content (AvgIpc) is 2.76. The lowest BCUT2D eigenvalue weighted by atomic mass is 9.88. The average molecular weight is 445 g/mol. The zero-order valence-electron chi connectivity index (χ0n) is 17.7. The van der Waals surface area contributed by atoms with Crippen LogP contribution in [0.5, 0.6) is 0 Å². The Balaban J connectivity index is 1.59. The number of nitrogens with one attached hydrogen (secondary N) is 2. The van der Waals surface area contributed by atoms with Crippen molar-refractivity contribution in [2.45, 2.75) is 50.1 Å². The highest BCUT2D eigenvalue weighted by Crippen LogP contribution is 2.29. The van der Waals surface area contributed by atoms with Gasteiger partial charge in [-0.15, -0.1) is 0 Å². The number of fused-ring (bicyclic) bond motifs is 1. The molecule has 1 aliphatic carbocycles. The first-order chi connectivity index (χ1) is 14.8. The molecule has 31 heavy (non-hydrogen) atoms. The number of ether oxygens (including phenoxy) is 1. The fourth-order valence-electron chi connectivity index (χ4n) is 3.66. The van der Waals surface area contributed by atoms with E-state index < -0.39 is 34.5 Å². The lowest BCUT2D eigenvalue weighted by Gasteiger charge is -2.26. The van der Waals surface area contributed by atoms with Crippen molar-refractivity contribution >= 4 is 21.9 Å². The molecule has 2 atom stereocenters. The molecule has 7 nitrogen and oxygen atoms in total. The van der Waals surface area contributed by atoms with E-state index in [0.29, 0.717) is 0 Å². The molecule has 1 amide bonds. The first-order valence-corrected chi connectivity index (χ1v) is 11.9. The fraction of sp³-hybridized carbons (Fsp3) is 0.391. The van der Waals surface area contributed by atoms with Crippen molar-refractivity contribution in [2.24, 2.45) is 5.92 Å². The summed E-state index contributed by atoms with van der Waals surface area (Å²) in [5.41, 5.74) is 2.30. The molecule has 0 heterocycles. The van der Waals surface area contributed by atoms with Gasteiger partial charge >= 0.3 is 5.97 Å². The Bertz CT molecular complexity index is 1020. The van der Waals surface area contributed by atoms with E-state index in [0.717, 1.165) is 24.8 Å². The summed E-state index contributed by atoms with van der Waals surface area (Å²) in [4.78, 5) is 25.0. The molecule has 2 aromatic carbocycles. The lowest BCUT2D eigenvalue weighted by Crippen LogP contribution is -2.46. The normalized spacial score (nSPS) is 16.9. The molecule has 0 saturated heterocycles. The number of hydrogen-bond acceptors (Lipinski definition) is 5. The van der Waals surface area contributed by atoms with Crippen LogP contribution in [-0.4, -0.2) is 32.9 Å². The van der Waals surface area contributed by atoms with Gasteiger partial charge in [0, 0.05) is 0 Å². The van der Waals surface area contributed by atoms with Crippen molar-refractivity contribution in [1.82, 2.24) is 10.0 Å². The van der Waals surface area contributed by atoms with Gasteiger partial charge in [-0.05, 0) is 48.4 Å². The summed E-state index contributed by atoms with van der Waals surface area (Å²) in [6.45, 7) is 2.95. The second-order valence-corrected chi connectivity index (χ2v) is 9.69. The van der Waals surface area contributed by atoms with Gasteiger partial charge in [-0.25, -0.2) is 8.42 Å². The van der Waals surface area contributed by atoms with Crippen molar-refractivity contribution < 1.29 is 22.7 Å². The van der Waals surface area contributed by atoms with E-state index >= 15 is 0 Å². The number of carbonyl (C=O) groups excluding carboxylic acids is 2. The Morgan fingerprint density at radius 2 is 1.74 bits per heavy atom. The van der Waals surface area contributed by atoms with E-state index in [1.165, 1.54) is 17.7 Å². The van der Waals surface area contributed by atoms with E-state index in [1.807, 2.05) is 18.2 Å². The van der Waals surface area contributed by atoms with E-state index in [1.54, 1.807) is 32.0 Å². The second-order valence-electron chi connectivity index (χ2n) is 7.97. The Hall–Kier alpha value is -2.71. The minimum atomic E-state index is -3.90. The van der Waals surface area contributed by atoms with E-state index in [2.05, 4.69) is 16.1 Å². The molecule has 0 radical (unpaired) electrons. The first kappa shape index (κ1) is 23.0. The molecule has 0 spiro atoms. The topological polar surface area (TPSA) is 102 Å². The Labute approximate surface area is 183 Å². The predicted octanol–water partition coefficient (Wildman–Crippen LogP) is 2.73. The second kappa shape index (κ2) is 10.1. The maximum Gasteiger partial charge on any atom is 0.324 e. The molecule has 0 saturated carbocycles. The largest absolute Gasteiger partial charge is 0.454 e. The summed E-state index contributed by atoms with van der Waals surface area (Å²) in [7, 11) is -3.90. The third-order valence-corrected chi connectivity index (χ3v) is 6.76. The summed E-state index contributed by atoms with van der Waals surface area (Å²) in [6.07, 6.45) is 2.77. The summed E-state index contributed by atoms with van der Waals surface area (Å²) in [5, 5.41) is 2.92. The maximum absolute atomic E-state index is 12.6. The van der Waals surface area contributed by atoms with Crippen LogP contribution in [0.25, 0.3) is 0 Å². The van der Waals surface area contributed by atoms with Crippen LogP contribution in [0, 0.1) is 5.92 Å². The number of rotatable bonds is 8. The van der Waals surface area contributed by atoms with Gasteiger partial charge in [-0.3, -0.25) is 9.59 Å². The van der Waals surface area contributed by atoms with Crippen molar-refractivity contribution in [3.8, 4) is 0 Å². The van der Waals surface area contributed by atoms with Gasteiger partial charge in [0.1, 0.15) is 6.04 Å². The van der Waals surface area contributed by atoms with Gasteiger partial charge < -0.3 is 10.1 Å². The van der Waals surface area contributed by atoms with Gasteiger partial charge in [0.2, 0.25) is 10.0 Å². The standard InChI is InChI=1S/C23H28N2O5S/c1-16(2)22(25-31(28,29)18-11-4-3-5-12-18)23(27)30-15-21(26)24-20-14-8-10-17-9-6-7-13-19(17)20/h3-7,9,11-13,16,20,22,25H,8,10,14-15H2,1-2H3,(H,24,26)/t20-,22+/m1/s1. The minimum absolute atomic E-state index is 0.0576. The van der Waals surface area contributed by atoms with Crippen molar-refractivity contribution in [3.63, 3.8) is 0 Å². The molecule has 8 heteroatoms. The number of esters is 1. The van der Waals surface area contributed by atoms with Gasteiger partial charge in [-0.1, -0.05) is 56.3 Å². The Kier molecular flexibility index (Phi) is 7.46. The highest BCUT2D eigenvalue weighted by Gasteiger charge is 2.30. The molecule has 1 aliphatic rings. The Morgan fingerprint density at radius 1 is 1.06 bits per heavy atom. The Morgan fingerprint density at radius 3 is 2.45 bits per heavy atom. The van der Waals surface area contributed by atoms with Gasteiger partial charge in [0.25, 0.3) is 5.91 Å². The molecular weight excluding hydrogens is 416 g/mol. The summed E-state index contributed by atoms with van der Waals surface area (Å²) >= 11 is 0. The monoisotopic (exact) mass is 444 g/mol. The number of benzene rings is 2. The van der Waals surface area contributed by atoms with Crippen LogP contribution in [0.3, 0.4) is 0 Å². The molecule has 166 valence electrons. The number of sulfonamides is 1.